The summed E-state index contributed by atoms with van der Waals surface area (Å²) in [5.74, 6) is 0.783. The van der Waals surface area contributed by atoms with Gasteiger partial charge in [0.25, 0.3) is 0 Å². The van der Waals surface area contributed by atoms with Crippen LogP contribution < -0.4 is 4.74 Å². The first-order valence-electron chi connectivity index (χ1n) is 5.62. The van der Waals surface area contributed by atoms with Crippen molar-refractivity contribution in [2.45, 2.75) is 12.5 Å². The van der Waals surface area contributed by atoms with Gasteiger partial charge in [-0.3, -0.25) is 4.98 Å². The lowest BCUT2D eigenvalue weighted by Crippen LogP contribution is -2.03. The van der Waals surface area contributed by atoms with Gasteiger partial charge in [-0.05, 0) is 45.8 Å². The van der Waals surface area contributed by atoms with Crippen LogP contribution in [0.25, 0.3) is 0 Å². The molecule has 3 nitrogen and oxygen atoms in total. The van der Waals surface area contributed by atoms with Crippen LogP contribution in [-0.4, -0.2) is 17.2 Å². The number of ether oxygens (including phenoxy) is 1. The minimum atomic E-state index is -0.591. The summed E-state index contributed by atoms with van der Waals surface area (Å²) in [6, 6.07) is 11.3. The molecule has 4 heteroatoms. The quantitative estimate of drug-likeness (QED) is 0.943. The third-order valence-electron chi connectivity index (χ3n) is 2.67. The Balaban J connectivity index is 2.12. The van der Waals surface area contributed by atoms with Crippen molar-refractivity contribution in [1.29, 1.82) is 0 Å². The Morgan fingerprint density at radius 2 is 2.17 bits per heavy atom. The molecular weight excluding hydrogens is 294 g/mol. The summed E-state index contributed by atoms with van der Waals surface area (Å²) < 4.78 is 6.05. The summed E-state index contributed by atoms with van der Waals surface area (Å²) in [6.45, 7) is 0. The van der Waals surface area contributed by atoms with E-state index in [0.29, 0.717) is 12.1 Å². The van der Waals surface area contributed by atoms with Crippen LogP contribution >= 0.6 is 15.9 Å². The molecule has 0 bridgehead atoms. The Morgan fingerprint density at radius 1 is 1.33 bits per heavy atom. The third-order valence-corrected chi connectivity index (χ3v) is 3.29. The molecule has 1 atom stereocenters. The van der Waals surface area contributed by atoms with Crippen LogP contribution in [0.15, 0.2) is 47.1 Å². The Bertz CT molecular complexity index is 516. The molecule has 2 rings (SSSR count). The molecule has 1 N–H and O–H groups in total. The maximum atomic E-state index is 10.1. The number of hydrogen-bond donors (Lipinski definition) is 1. The molecule has 1 aromatic carbocycles. The van der Waals surface area contributed by atoms with Crippen molar-refractivity contribution >= 4 is 15.9 Å². The first kappa shape index (κ1) is 13.1. The smallest absolute Gasteiger partial charge is 0.133 e. The summed E-state index contributed by atoms with van der Waals surface area (Å²) in [6.07, 6.45) is 1.62. The van der Waals surface area contributed by atoms with Crippen molar-refractivity contribution < 1.29 is 9.84 Å². The van der Waals surface area contributed by atoms with E-state index in [-0.39, 0.29) is 0 Å². The van der Waals surface area contributed by atoms with Gasteiger partial charge < -0.3 is 9.84 Å². The van der Waals surface area contributed by atoms with Crippen LogP contribution in [0, 0.1) is 0 Å². The second kappa shape index (κ2) is 5.98. The molecular formula is C14H14BrNO2. The number of rotatable bonds is 4. The van der Waals surface area contributed by atoms with Crippen molar-refractivity contribution in [3.05, 3.63) is 58.3 Å². The van der Waals surface area contributed by atoms with Crippen molar-refractivity contribution in [3.63, 3.8) is 0 Å². The van der Waals surface area contributed by atoms with Gasteiger partial charge in [-0.1, -0.05) is 12.1 Å². The summed E-state index contributed by atoms with van der Waals surface area (Å²) in [5.41, 5.74) is 1.71. The van der Waals surface area contributed by atoms with Gasteiger partial charge >= 0.3 is 0 Å². The Labute approximate surface area is 115 Å². The minimum absolute atomic E-state index is 0.527. The fourth-order valence-electron chi connectivity index (χ4n) is 1.74. The highest BCUT2D eigenvalue weighted by Gasteiger charge is 2.10. The van der Waals surface area contributed by atoms with E-state index in [1.807, 2.05) is 36.4 Å². The number of benzene rings is 1. The van der Waals surface area contributed by atoms with Gasteiger partial charge in [0, 0.05) is 12.6 Å². The first-order valence-corrected chi connectivity index (χ1v) is 6.41. The summed E-state index contributed by atoms with van der Waals surface area (Å²) in [5, 5.41) is 10.1. The molecule has 0 amide bonds. The maximum Gasteiger partial charge on any atom is 0.133 e. The van der Waals surface area contributed by atoms with Crippen LogP contribution in [0.1, 0.15) is 17.4 Å². The summed E-state index contributed by atoms with van der Waals surface area (Å²) >= 11 is 3.43. The normalized spacial score (nSPS) is 12.2. The number of aliphatic hydroxyl groups is 1. The van der Waals surface area contributed by atoms with E-state index in [9.17, 15) is 5.11 Å². The molecule has 0 aliphatic carbocycles. The van der Waals surface area contributed by atoms with Crippen LogP contribution in [0.5, 0.6) is 5.75 Å². The van der Waals surface area contributed by atoms with Crippen LogP contribution in [0.4, 0.5) is 0 Å². The fraction of sp³-hybridized carbons (Fsp3) is 0.214. The Hall–Kier alpha value is -1.39. The molecule has 94 valence electrons. The molecule has 0 aliphatic rings. The van der Waals surface area contributed by atoms with Crippen LogP contribution in [0.2, 0.25) is 0 Å². The zero-order valence-electron chi connectivity index (χ0n) is 10.0. The molecule has 0 fully saturated rings. The number of hydrogen-bond acceptors (Lipinski definition) is 3. The van der Waals surface area contributed by atoms with E-state index in [1.54, 1.807) is 13.3 Å². The van der Waals surface area contributed by atoms with E-state index in [2.05, 4.69) is 20.9 Å². The largest absolute Gasteiger partial charge is 0.496 e. The molecule has 0 aliphatic heterocycles. The Kier molecular flexibility index (Phi) is 4.33. The second-order valence-corrected chi connectivity index (χ2v) is 4.80. The SMILES string of the molecule is COc1ccc(CC(O)c2ccccn2)cc1Br. The van der Waals surface area contributed by atoms with Gasteiger partial charge in [0.05, 0.1) is 23.4 Å². The van der Waals surface area contributed by atoms with Gasteiger partial charge in [-0.2, -0.15) is 0 Å². The lowest BCUT2D eigenvalue weighted by molar-refractivity contribution is 0.173. The predicted molar refractivity (Wildman–Crippen MR) is 73.6 cm³/mol. The standard InChI is InChI=1S/C14H14BrNO2/c1-18-14-6-5-10(8-11(14)15)9-13(17)12-4-2-3-7-16-12/h2-8,13,17H,9H2,1H3. The number of aromatic nitrogens is 1. The second-order valence-electron chi connectivity index (χ2n) is 3.94. The lowest BCUT2D eigenvalue weighted by Gasteiger charge is -2.11. The van der Waals surface area contributed by atoms with Gasteiger partial charge in [-0.15, -0.1) is 0 Å². The predicted octanol–water partition coefficient (Wildman–Crippen LogP) is 3.13. The number of methoxy groups -OCH3 is 1. The van der Waals surface area contributed by atoms with Crippen LogP contribution in [0.3, 0.4) is 0 Å². The maximum absolute atomic E-state index is 10.1. The van der Waals surface area contributed by atoms with E-state index in [1.165, 1.54) is 0 Å². The van der Waals surface area contributed by atoms with Gasteiger partial charge in [0.1, 0.15) is 5.75 Å². The topological polar surface area (TPSA) is 42.4 Å². The van der Waals surface area contributed by atoms with Crippen LogP contribution in [-0.2, 0) is 6.42 Å². The monoisotopic (exact) mass is 307 g/mol. The Morgan fingerprint density at radius 3 is 2.78 bits per heavy atom. The molecule has 1 unspecified atom stereocenters. The molecule has 1 heterocycles. The molecule has 0 saturated heterocycles. The molecule has 0 saturated carbocycles. The van der Waals surface area contributed by atoms with E-state index < -0.39 is 6.10 Å². The van der Waals surface area contributed by atoms with Crippen molar-refractivity contribution in [1.82, 2.24) is 4.98 Å². The van der Waals surface area contributed by atoms with Crippen molar-refractivity contribution in [3.8, 4) is 5.75 Å². The van der Waals surface area contributed by atoms with Crippen molar-refractivity contribution in [2.75, 3.05) is 7.11 Å². The van der Waals surface area contributed by atoms with Gasteiger partial charge in [0.15, 0.2) is 0 Å². The molecule has 18 heavy (non-hydrogen) atoms. The van der Waals surface area contributed by atoms with E-state index in [0.717, 1.165) is 15.8 Å². The number of pyridine rings is 1. The average molecular weight is 308 g/mol. The highest BCUT2D eigenvalue weighted by molar-refractivity contribution is 9.10. The summed E-state index contributed by atoms with van der Waals surface area (Å²) in [7, 11) is 1.63. The van der Waals surface area contributed by atoms with E-state index >= 15 is 0 Å². The third kappa shape index (κ3) is 3.09. The molecule has 2 aromatic rings. The minimum Gasteiger partial charge on any atom is -0.496 e. The highest BCUT2D eigenvalue weighted by atomic mass is 79.9. The first-order chi connectivity index (χ1) is 8.70. The van der Waals surface area contributed by atoms with E-state index in [4.69, 9.17) is 4.74 Å². The van der Waals surface area contributed by atoms with Crippen molar-refractivity contribution in [2.24, 2.45) is 0 Å². The number of nitrogens with zero attached hydrogens (tertiary/aromatic N) is 1. The van der Waals surface area contributed by atoms with Gasteiger partial charge in [0.2, 0.25) is 0 Å². The molecule has 0 radical (unpaired) electrons. The average Bonchev–Trinajstić information content (AvgIpc) is 2.40. The fourth-order valence-corrected chi connectivity index (χ4v) is 2.33. The number of halogens is 1. The zero-order valence-corrected chi connectivity index (χ0v) is 11.6. The summed E-state index contributed by atoms with van der Waals surface area (Å²) in [4.78, 5) is 4.14. The molecule has 1 aromatic heterocycles. The van der Waals surface area contributed by atoms with Gasteiger partial charge in [-0.25, -0.2) is 0 Å². The highest BCUT2D eigenvalue weighted by Crippen LogP contribution is 2.27. The lowest BCUT2D eigenvalue weighted by atomic mass is 10.1. The zero-order chi connectivity index (χ0) is 13.0. The molecule has 0 spiro atoms. The number of aliphatic hydroxyl groups excluding tert-OH is 1.